The molecule has 142 valence electrons. The first-order valence-corrected chi connectivity index (χ1v) is 10.7. The van der Waals surface area contributed by atoms with E-state index in [4.69, 9.17) is 0 Å². The first-order valence-electron chi connectivity index (χ1n) is 9.84. The molecule has 5 heteroatoms. The van der Waals surface area contributed by atoms with Crippen molar-refractivity contribution in [1.29, 1.82) is 0 Å². The van der Waals surface area contributed by atoms with Crippen LogP contribution in [0.1, 0.15) is 40.9 Å². The van der Waals surface area contributed by atoms with Crippen molar-refractivity contribution in [3.63, 3.8) is 0 Å². The number of hydrogen-bond acceptors (Lipinski definition) is 3. The Balaban J connectivity index is 1.36. The summed E-state index contributed by atoms with van der Waals surface area (Å²) in [7, 11) is 0. The number of hydrogen-bond donors (Lipinski definition) is 0. The lowest BCUT2D eigenvalue weighted by Crippen LogP contribution is -2.50. The van der Waals surface area contributed by atoms with Gasteiger partial charge in [0.2, 0.25) is 5.91 Å². The number of benzene rings is 1. The van der Waals surface area contributed by atoms with Crippen LogP contribution in [0.2, 0.25) is 0 Å². The van der Waals surface area contributed by atoms with Crippen LogP contribution in [0, 0.1) is 5.41 Å². The minimum absolute atomic E-state index is 0.0795. The summed E-state index contributed by atoms with van der Waals surface area (Å²) >= 11 is 1.48. The van der Waals surface area contributed by atoms with Crippen molar-refractivity contribution in [2.75, 3.05) is 26.2 Å². The maximum absolute atomic E-state index is 13.2. The number of likely N-dealkylation sites (tertiary alicyclic amines) is 2. The molecule has 0 bridgehead atoms. The fourth-order valence-electron chi connectivity index (χ4n) is 4.46. The fraction of sp³-hybridized carbons (Fsp3) is 0.455. The van der Waals surface area contributed by atoms with E-state index in [0.29, 0.717) is 13.1 Å². The van der Waals surface area contributed by atoms with E-state index >= 15 is 0 Å². The van der Waals surface area contributed by atoms with Crippen LogP contribution < -0.4 is 0 Å². The van der Waals surface area contributed by atoms with Gasteiger partial charge in [-0.25, -0.2) is 0 Å². The number of aryl methyl sites for hydroxylation is 1. The molecule has 2 aliphatic rings. The van der Waals surface area contributed by atoms with Crippen LogP contribution in [0.3, 0.4) is 0 Å². The van der Waals surface area contributed by atoms with Crippen molar-refractivity contribution in [2.24, 2.45) is 5.41 Å². The molecule has 2 aliphatic heterocycles. The summed E-state index contributed by atoms with van der Waals surface area (Å²) in [5.74, 6) is 0.346. The summed E-state index contributed by atoms with van der Waals surface area (Å²) in [6.45, 7) is 2.95. The molecule has 1 aromatic heterocycles. The average Bonchev–Trinajstić information content (AvgIpc) is 3.37. The molecule has 27 heavy (non-hydrogen) atoms. The number of thiophene rings is 1. The van der Waals surface area contributed by atoms with E-state index in [9.17, 15) is 9.59 Å². The van der Waals surface area contributed by atoms with E-state index < -0.39 is 0 Å². The molecule has 2 fully saturated rings. The quantitative estimate of drug-likeness (QED) is 0.788. The van der Waals surface area contributed by atoms with Gasteiger partial charge in [0, 0.05) is 26.2 Å². The monoisotopic (exact) mass is 382 g/mol. The smallest absolute Gasteiger partial charge is 0.263 e. The Labute approximate surface area is 164 Å². The maximum atomic E-state index is 13.2. The largest absolute Gasteiger partial charge is 0.342 e. The molecule has 0 N–H and O–H groups in total. The molecular weight excluding hydrogens is 356 g/mol. The van der Waals surface area contributed by atoms with Gasteiger partial charge in [0.15, 0.2) is 0 Å². The van der Waals surface area contributed by atoms with E-state index in [1.807, 2.05) is 33.4 Å². The number of nitrogens with zero attached hydrogens (tertiary/aromatic N) is 2. The van der Waals surface area contributed by atoms with Gasteiger partial charge < -0.3 is 9.80 Å². The van der Waals surface area contributed by atoms with Gasteiger partial charge in [-0.2, -0.15) is 0 Å². The first kappa shape index (κ1) is 18.2. The highest BCUT2D eigenvalue weighted by atomic mass is 32.1. The van der Waals surface area contributed by atoms with Crippen LogP contribution in [-0.4, -0.2) is 47.8 Å². The molecule has 4 rings (SSSR count). The second-order valence-electron chi connectivity index (χ2n) is 7.72. The fourth-order valence-corrected chi connectivity index (χ4v) is 5.16. The second kappa shape index (κ2) is 7.85. The lowest BCUT2D eigenvalue weighted by molar-refractivity contribution is -0.145. The normalized spacial score (nSPS) is 22.6. The zero-order chi connectivity index (χ0) is 18.7. The van der Waals surface area contributed by atoms with Crippen LogP contribution in [0.15, 0.2) is 47.8 Å². The number of amides is 2. The number of carbonyl (C=O) groups is 2. The Hall–Kier alpha value is -2.14. The van der Waals surface area contributed by atoms with E-state index in [2.05, 4.69) is 24.3 Å². The molecule has 1 aromatic carbocycles. The number of rotatable bonds is 5. The van der Waals surface area contributed by atoms with Gasteiger partial charge in [-0.1, -0.05) is 36.4 Å². The van der Waals surface area contributed by atoms with Gasteiger partial charge in [0.05, 0.1) is 10.3 Å². The van der Waals surface area contributed by atoms with E-state index in [-0.39, 0.29) is 17.2 Å². The summed E-state index contributed by atoms with van der Waals surface area (Å²) in [4.78, 5) is 30.6. The number of piperidine rings is 1. The molecule has 2 saturated heterocycles. The molecule has 1 spiro atoms. The zero-order valence-electron chi connectivity index (χ0n) is 15.6. The van der Waals surface area contributed by atoms with Crippen LogP contribution in [0.5, 0.6) is 0 Å². The molecule has 0 saturated carbocycles. The third-order valence-corrected chi connectivity index (χ3v) is 6.79. The lowest BCUT2D eigenvalue weighted by Gasteiger charge is -2.39. The lowest BCUT2D eigenvalue weighted by atomic mass is 9.78. The highest BCUT2D eigenvalue weighted by Crippen LogP contribution is 2.40. The van der Waals surface area contributed by atoms with Crippen molar-refractivity contribution in [2.45, 2.75) is 32.1 Å². The molecule has 4 nitrogen and oxygen atoms in total. The Morgan fingerprint density at radius 1 is 1.07 bits per heavy atom. The standard InChI is InChI=1S/C22H26N2O2S/c25-20(19-10-5-16-27-19)24-15-12-22(17-24)11-6-14-23(21(22)26)13-4-9-18-7-2-1-3-8-18/h1-3,5,7-8,10,16H,4,6,9,11-15,17H2. The van der Waals surface area contributed by atoms with E-state index in [1.165, 1.54) is 16.9 Å². The van der Waals surface area contributed by atoms with E-state index in [0.717, 1.165) is 50.1 Å². The van der Waals surface area contributed by atoms with E-state index in [1.54, 1.807) is 0 Å². The van der Waals surface area contributed by atoms with Gasteiger partial charge >= 0.3 is 0 Å². The minimum Gasteiger partial charge on any atom is -0.342 e. The van der Waals surface area contributed by atoms with Crippen LogP contribution >= 0.6 is 11.3 Å². The highest BCUT2D eigenvalue weighted by molar-refractivity contribution is 7.12. The highest BCUT2D eigenvalue weighted by Gasteiger charge is 2.49. The maximum Gasteiger partial charge on any atom is 0.263 e. The van der Waals surface area contributed by atoms with Gasteiger partial charge in [-0.05, 0) is 49.1 Å². The van der Waals surface area contributed by atoms with Crippen molar-refractivity contribution in [3.05, 3.63) is 58.3 Å². The zero-order valence-corrected chi connectivity index (χ0v) is 16.4. The van der Waals surface area contributed by atoms with Crippen molar-refractivity contribution in [3.8, 4) is 0 Å². The SMILES string of the molecule is O=C(c1cccs1)N1CCC2(CCCN(CCCc3ccccc3)C2=O)C1. The molecule has 0 radical (unpaired) electrons. The Kier molecular flexibility index (Phi) is 5.30. The van der Waals surface area contributed by atoms with Gasteiger partial charge in [0.25, 0.3) is 5.91 Å². The third-order valence-electron chi connectivity index (χ3n) is 5.93. The van der Waals surface area contributed by atoms with Crippen molar-refractivity contribution >= 4 is 23.2 Å². The molecule has 3 heterocycles. The summed E-state index contributed by atoms with van der Waals surface area (Å²) in [5, 5.41) is 1.93. The average molecular weight is 383 g/mol. The Bertz CT molecular complexity index is 790. The van der Waals surface area contributed by atoms with Gasteiger partial charge in [-0.3, -0.25) is 9.59 Å². The summed E-state index contributed by atoms with van der Waals surface area (Å²) in [6, 6.07) is 14.2. The van der Waals surface area contributed by atoms with Crippen molar-refractivity contribution < 1.29 is 9.59 Å². The predicted molar refractivity (Wildman–Crippen MR) is 108 cm³/mol. The van der Waals surface area contributed by atoms with Crippen LogP contribution in [0.25, 0.3) is 0 Å². The van der Waals surface area contributed by atoms with Gasteiger partial charge in [0.1, 0.15) is 0 Å². The predicted octanol–water partition coefficient (Wildman–Crippen LogP) is 3.84. The van der Waals surface area contributed by atoms with Gasteiger partial charge in [-0.15, -0.1) is 11.3 Å². The Morgan fingerprint density at radius 2 is 1.93 bits per heavy atom. The molecule has 1 unspecified atom stereocenters. The number of carbonyl (C=O) groups excluding carboxylic acids is 2. The summed E-state index contributed by atoms with van der Waals surface area (Å²) < 4.78 is 0. The second-order valence-corrected chi connectivity index (χ2v) is 8.67. The molecule has 1 atom stereocenters. The summed E-state index contributed by atoms with van der Waals surface area (Å²) in [6.07, 6.45) is 4.75. The van der Waals surface area contributed by atoms with Crippen LogP contribution in [0.4, 0.5) is 0 Å². The Morgan fingerprint density at radius 3 is 2.70 bits per heavy atom. The molecule has 2 aromatic rings. The third kappa shape index (κ3) is 3.79. The molecule has 2 amide bonds. The minimum atomic E-state index is -0.349. The topological polar surface area (TPSA) is 40.6 Å². The molecular formula is C22H26N2O2S. The van der Waals surface area contributed by atoms with Crippen molar-refractivity contribution in [1.82, 2.24) is 9.80 Å². The first-order chi connectivity index (χ1) is 13.2. The van der Waals surface area contributed by atoms with Crippen LogP contribution in [-0.2, 0) is 11.2 Å². The molecule has 0 aliphatic carbocycles. The summed E-state index contributed by atoms with van der Waals surface area (Å²) in [5.41, 5.74) is 0.975.